The summed E-state index contributed by atoms with van der Waals surface area (Å²) in [5.74, 6) is -1.10. The van der Waals surface area contributed by atoms with Crippen molar-refractivity contribution < 1.29 is 14.7 Å². The smallest absolute Gasteiger partial charge is 0.325 e. The van der Waals surface area contributed by atoms with Crippen molar-refractivity contribution in [3.63, 3.8) is 0 Å². The molecule has 0 bridgehead atoms. The summed E-state index contributed by atoms with van der Waals surface area (Å²) in [6, 6.07) is 5.15. The molecular formula is C10H13N3O3. The van der Waals surface area contributed by atoms with Crippen LogP contribution in [0, 0.1) is 0 Å². The quantitative estimate of drug-likeness (QED) is 0.570. The van der Waals surface area contributed by atoms with Crippen LogP contribution < -0.4 is 16.4 Å². The number of amides is 2. The third kappa shape index (κ3) is 3.16. The first-order valence-corrected chi connectivity index (χ1v) is 4.65. The van der Waals surface area contributed by atoms with Gasteiger partial charge in [-0.15, -0.1) is 0 Å². The number of nitrogen functional groups attached to an aromatic ring is 1. The predicted molar refractivity (Wildman–Crippen MR) is 60.1 cm³/mol. The molecule has 0 fully saturated rings. The van der Waals surface area contributed by atoms with Gasteiger partial charge in [0.05, 0.1) is 11.4 Å². The van der Waals surface area contributed by atoms with Crippen LogP contribution in [0.25, 0.3) is 0 Å². The lowest BCUT2D eigenvalue weighted by atomic mass is 10.3. The lowest BCUT2D eigenvalue weighted by molar-refractivity contribution is -0.138. The molecule has 2 amide bonds. The number of nitrogens with two attached hydrogens (primary N) is 1. The molecule has 1 aromatic carbocycles. The Kier molecular flexibility index (Phi) is 3.71. The van der Waals surface area contributed by atoms with Crippen molar-refractivity contribution >= 4 is 23.4 Å². The van der Waals surface area contributed by atoms with E-state index in [1.54, 1.807) is 24.3 Å². The molecule has 0 saturated heterocycles. The van der Waals surface area contributed by atoms with Gasteiger partial charge in [0, 0.05) is 0 Å². The fourth-order valence-electron chi connectivity index (χ4n) is 1.03. The van der Waals surface area contributed by atoms with Crippen molar-refractivity contribution in [2.24, 2.45) is 0 Å². The molecule has 0 aliphatic rings. The molecule has 16 heavy (non-hydrogen) atoms. The third-order valence-corrected chi connectivity index (χ3v) is 1.93. The summed E-state index contributed by atoms with van der Waals surface area (Å²) in [4.78, 5) is 21.8. The van der Waals surface area contributed by atoms with Crippen LogP contribution in [0.4, 0.5) is 16.2 Å². The topological polar surface area (TPSA) is 104 Å². The molecule has 0 spiro atoms. The zero-order valence-electron chi connectivity index (χ0n) is 8.73. The lowest BCUT2D eigenvalue weighted by Crippen LogP contribution is -2.40. The second-order valence-electron chi connectivity index (χ2n) is 3.25. The first kappa shape index (κ1) is 11.8. The summed E-state index contributed by atoms with van der Waals surface area (Å²) in [5, 5.41) is 13.3. The molecule has 0 aliphatic heterocycles. The number of carboxylic acids is 1. The Labute approximate surface area is 92.4 Å². The van der Waals surface area contributed by atoms with E-state index in [0.29, 0.717) is 11.4 Å². The standard InChI is InChI=1S/C10H13N3O3/c1-6(9(14)15)12-10(16)13-8-5-3-2-4-7(8)11/h2-6H,11H2,1H3,(H,14,15)(H2,12,13,16)/t6-/m0/s1. The highest BCUT2D eigenvalue weighted by Crippen LogP contribution is 2.16. The van der Waals surface area contributed by atoms with Gasteiger partial charge in [-0.1, -0.05) is 12.1 Å². The monoisotopic (exact) mass is 223 g/mol. The Morgan fingerprint density at radius 2 is 2.00 bits per heavy atom. The first-order valence-electron chi connectivity index (χ1n) is 4.65. The molecular weight excluding hydrogens is 210 g/mol. The molecule has 0 aromatic heterocycles. The highest BCUT2D eigenvalue weighted by Gasteiger charge is 2.13. The number of carboxylic acid groups (broad SMARTS) is 1. The molecule has 86 valence electrons. The Morgan fingerprint density at radius 1 is 1.38 bits per heavy atom. The lowest BCUT2D eigenvalue weighted by Gasteiger charge is -2.11. The number of hydrogen-bond donors (Lipinski definition) is 4. The maximum atomic E-state index is 11.3. The molecule has 1 rings (SSSR count). The van der Waals surface area contributed by atoms with E-state index in [9.17, 15) is 9.59 Å². The average Bonchev–Trinajstić information content (AvgIpc) is 2.21. The molecule has 0 unspecified atom stereocenters. The van der Waals surface area contributed by atoms with Crippen molar-refractivity contribution in [1.82, 2.24) is 5.32 Å². The summed E-state index contributed by atoms with van der Waals surface area (Å²) in [7, 11) is 0. The second-order valence-corrected chi connectivity index (χ2v) is 3.25. The van der Waals surface area contributed by atoms with Gasteiger partial charge in [-0.2, -0.15) is 0 Å². The molecule has 6 nitrogen and oxygen atoms in total. The van der Waals surface area contributed by atoms with E-state index in [-0.39, 0.29) is 0 Å². The van der Waals surface area contributed by atoms with Crippen molar-refractivity contribution in [2.75, 3.05) is 11.1 Å². The number of para-hydroxylation sites is 2. The SMILES string of the molecule is C[C@H](NC(=O)Nc1ccccc1N)C(=O)O. The van der Waals surface area contributed by atoms with Gasteiger partial charge in [-0.3, -0.25) is 4.79 Å². The van der Waals surface area contributed by atoms with Gasteiger partial charge >= 0.3 is 12.0 Å². The number of hydrogen-bond acceptors (Lipinski definition) is 3. The van der Waals surface area contributed by atoms with Gasteiger partial charge in [-0.25, -0.2) is 4.79 Å². The van der Waals surface area contributed by atoms with E-state index in [1.807, 2.05) is 0 Å². The molecule has 0 saturated carbocycles. The highest BCUT2D eigenvalue weighted by molar-refractivity contribution is 5.94. The van der Waals surface area contributed by atoms with Crippen LogP contribution >= 0.6 is 0 Å². The maximum absolute atomic E-state index is 11.3. The highest BCUT2D eigenvalue weighted by atomic mass is 16.4. The fraction of sp³-hybridized carbons (Fsp3) is 0.200. The van der Waals surface area contributed by atoms with Gasteiger partial charge < -0.3 is 21.5 Å². The summed E-state index contributed by atoms with van der Waals surface area (Å²) in [6.45, 7) is 1.37. The van der Waals surface area contributed by atoms with E-state index < -0.39 is 18.0 Å². The number of rotatable bonds is 3. The minimum absolute atomic E-state index is 0.417. The van der Waals surface area contributed by atoms with Crippen LogP contribution in [0.1, 0.15) is 6.92 Å². The molecule has 1 atom stereocenters. The number of carbonyl (C=O) groups is 2. The van der Waals surface area contributed by atoms with Crippen molar-refractivity contribution in [2.45, 2.75) is 13.0 Å². The van der Waals surface area contributed by atoms with E-state index in [1.165, 1.54) is 6.92 Å². The largest absolute Gasteiger partial charge is 0.480 e. The number of carbonyl (C=O) groups excluding carboxylic acids is 1. The number of nitrogens with one attached hydrogen (secondary N) is 2. The molecule has 6 heteroatoms. The first-order chi connectivity index (χ1) is 7.50. The Balaban J connectivity index is 2.59. The third-order valence-electron chi connectivity index (χ3n) is 1.93. The Bertz CT molecular complexity index is 406. The number of urea groups is 1. The van der Waals surface area contributed by atoms with Gasteiger partial charge in [0.15, 0.2) is 0 Å². The van der Waals surface area contributed by atoms with Gasteiger partial charge in [0.1, 0.15) is 6.04 Å². The van der Waals surface area contributed by atoms with Crippen molar-refractivity contribution in [3.05, 3.63) is 24.3 Å². The number of anilines is 2. The Hall–Kier alpha value is -2.24. The minimum atomic E-state index is -1.10. The maximum Gasteiger partial charge on any atom is 0.325 e. The average molecular weight is 223 g/mol. The van der Waals surface area contributed by atoms with Crippen LogP contribution in [0.2, 0.25) is 0 Å². The van der Waals surface area contributed by atoms with Crippen LogP contribution in [-0.2, 0) is 4.79 Å². The normalized spacial score (nSPS) is 11.6. The van der Waals surface area contributed by atoms with Gasteiger partial charge in [0.2, 0.25) is 0 Å². The molecule has 1 aromatic rings. The summed E-state index contributed by atoms with van der Waals surface area (Å²) in [5.41, 5.74) is 6.46. The summed E-state index contributed by atoms with van der Waals surface area (Å²) in [6.07, 6.45) is 0. The van der Waals surface area contributed by atoms with Gasteiger partial charge in [0.25, 0.3) is 0 Å². The van der Waals surface area contributed by atoms with Gasteiger partial charge in [-0.05, 0) is 19.1 Å². The van der Waals surface area contributed by atoms with Crippen LogP contribution in [0.3, 0.4) is 0 Å². The molecule has 0 aliphatic carbocycles. The zero-order chi connectivity index (χ0) is 12.1. The zero-order valence-corrected chi connectivity index (χ0v) is 8.73. The Morgan fingerprint density at radius 3 is 2.56 bits per heavy atom. The van der Waals surface area contributed by atoms with Crippen LogP contribution in [0.15, 0.2) is 24.3 Å². The predicted octanol–water partition coefficient (Wildman–Crippen LogP) is 0.863. The molecule has 0 radical (unpaired) electrons. The fourth-order valence-corrected chi connectivity index (χ4v) is 1.03. The van der Waals surface area contributed by atoms with E-state index in [4.69, 9.17) is 10.8 Å². The van der Waals surface area contributed by atoms with Crippen LogP contribution in [-0.4, -0.2) is 23.1 Å². The second kappa shape index (κ2) is 5.01. The van der Waals surface area contributed by atoms with Crippen molar-refractivity contribution in [3.8, 4) is 0 Å². The number of benzene rings is 1. The van der Waals surface area contributed by atoms with Crippen LogP contribution in [0.5, 0.6) is 0 Å². The van der Waals surface area contributed by atoms with E-state index in [0.717, 1.165) is 0 Å². The van der Waals surface area contributed by atoms with E-state index in [2.05, 4.69) is 10.6 Å². The molecule has 0 heterocycles. The van der Waals surface area contributed by atoms with Crippen molar-refractivity contribution in [1.29, 1.82) is 0 Å². The number of aliphatic carboxylic acids is 1. The minimum Gasteiger partial charge on any atom is -0.480 e. The summed E-state index contributed by atoms with van der Waals surface area (Å²) >= 11 is 0. The summed E-state index contributed by atoms with van der Waals surface area (Å²) < 4.78 is 0. The molecule has 5 N–H and O–H groups in total. The van der Waals surface area contributed by atoms with E-state index >= 15 is 0 Å².